The summed E-state index contributed by atoms with van der Waals surface area (Å²) in [5, 5.41) is 0. The molecular formula is C12H16F3NO3. The van der Waals surface area contributed by atoms with Gasteiger partial charge in [-0.25, -0.2) is 0 Å². The summed E-state index contributed by atoms with van der Waals surface area (Å²) in [6.45, 7) is 1.11. The molecule has 0 atom stereocenters. The number of hydroxylamine groups is 1. The van der Waals surface area contributed by atoms with Crippen LogP contribution in [0.4, 0.5) is 13.2 Å². The van der Waals surface area contributed by atoms with Crippen LogP contribution in [0.3, 0.4) is 0 Å². The lowest BCUT2D eigenvalue weighted by Gasteiger charge is -2.12. The van der Waals surface area contributed by atoms with Gasteiger partial charge in [0, 0.05) is 6.54 Å². The van der Waals surface area contributed by atoms with Crippen LogP contribution in [-0.2, 0) is 11.4 Å². The fourth-order valence-corrected chi connectivity index (χ4v) is 1.37. The largest absolute Gasteiger partial charge is 0.493 e. The van der Waals surface area contributed by atoms with Crippen molar-refractivity contribution < 1.29 is 27.5 Å². The van der Waals surface area contributed by atoms with Gasteiger partial charge in [0.2, 0.25) is 0 Å². The number of hydrogen-bond acceptors (Lipinski definition) is 4. The van der Waals surface area contributed by atoms with Gasteiger partial charge < -0.3 is 9.47 Å². The summed E-state index contributed by atoms with van der Waals surface area (Å²) in [6, 6.07) is 5.09. The van der Waals surface area contributed by atoms with Crippen LogP contribution < -0.4 is 15.0 Å². The standard InChI is InChI=1S/C12H16F3NO3/c1-3-18-11-6-9(4-5-10(11)17-2)7-16-19-8-12(13,14)15/h4-6,16H,3,7-8H2,1-2H3. The third kappa shape index (κ3) is 5.80. The first kappa shape index (κ1) is 15.6. The Hall–Kier alpha value is -1.47. The molecular weight excluding hydrogens is 263 g/mol. The van der Waals surface area contributed by atoms with Crippen molar-refractivity contribution in [3.05, 3.63) is 23.8 Å². The number of rotatable bonds is 7. The second kappa shape index (κ2) is 7.20. The topological polar surface area (TPSA) is 39.7 Å². The lowest BCUT2D eigenvalue weighted by atomic mass is 10.2. The van der Waals surface area contributed by atoms with Gasteiger partial charge in [0.15, 0.2) is 18.1 Å². The van der Waals surface area contributed by atoms with E-state index in [2.05, 4.69) is 10.3 Å². The van der Waals surface area contributed by atoms with E-state index < -0.39 is 12.8 Å². The lowest BCUT2D eigenvalue weighted by Crippen LogP contribution is -2.24. The van der Waals surface area contributed by atoms with Crippen LogP contribution in [0.1, 0.15) is 12.5 Å². The third-order valence-electron chi connectivity index (χ3n) is 2.14. The second-order valence-electron chi connectivity index (χ2n) is 3.64. The molecule has 0 aliphatic rings. The molecule has 0 saturated heterocycles. The molecule has 7 heteroatoms. The maximum atomic E-state index is 11.8. The Kier molecular flexibility index (Phi) is 5.91. The van der Waals surface area contributed by atoms with E-state index in [0.717, 1.165) is 5.56 Å². The molecule has 4 nitrogen and oxygen atoms in total. The quantitative estimate of drug-likeness (QED) is 0.615. The predicted molar refractivity (Wildman–Crippen MR) is 63.0 cm³/mol. The highest BCUT2D eigenvalue weighted by Crippen LogP contribution is 2.28. The molecule has 0 spiro atoms. The molecule has 0 aliphatic heterocycles. The van der Waals surface area contributed by atoms with Crippen LogP contribution >= 0.6 is 0 Å². The molecule has 0 unspecified atom stereocenters. The average molecular weight is 279 g/mol. The molecule has 0 fully saturated rings. The van der Waals surface area contributed by atoms with Gasteiger partial charge in [0.1, 0.15) is 0 Å². The number of nitrogens with one attached hydrogen (secondary N) is 1. The fourth-order valence-electron chi connectivity index (χ4n) is 1.37. The maximum absolute atomic E-state index is 11.8. The van der Waals surface area contributed by atoms with Gasteiger partial charge in [-0.3, -0.25) is 4.84 Å². The van der Waals surface area contributed by atoms with Crippen molar-refractivity contribution in [1.29, 1.82) is 0 Å². The van der Waals surface area contributed by atoms with E-state index in [1.807, 2.05) is 6.92 Å². The number of ether oxygens (including phenoxy) is 2. The van der Waals surface area contributed by atoms with E-state index in [-0.39, 0.29) is 6.54 Å². The summed E-state index contributed by atoms with van der Waals surface area (Å²) in [5.41, 5.74) is 2.98. The normalized spacial score (nSPS) is 11.4. The zero-order chi connectivity index (χ0) is 14.3. The van der Waals surface area contributed by atoms with E-state index in [1.165, 1.54) is 7.11 Å². The Bertz CT molecular complexity index is 396. The highest BCUT2D eigenvalue weighted by Gasteiger charge is 2.27. The number of benzene rings is 1. The molecule has 1 aromatic rings. The third-order valence-corrected chi connectivity index (χ3v) is 2.14. The Morgan fingerprint density at radius 1 is 1.21 bits per heavy atom. The van der Waals surface area contributed by atoms with Crippen LogP contribution in [-0.4, -0.2) is 26.5 Å². The first-order valence-electron chi connectivity index (χ1n) is 5.67. The minimum absolute atomic E-state index is 0.139. The van der Waals surface area contributed by atoms with Crippen LogP contribution in [0.25, 0.3) is 0 Å². The van der Waals surface area contributed by atoms with Crippen LogP contribution in [0, 0.1) is 0 Å². The van der Waals surface area contributed by atoms with Crippen LogP contribution in [0.2, 0.25) is 0 Å². The van der Waals surface area contributed by atoms with Gasteiger partial charge in [-0.05, 0) is 24.6 Å². The van der Waals surface area contributed by atoms with E-state index in [0.29, 0.717) is 18.1 Å². The highest BCUT2D eigenvalue weighted by atomic mass is 19.4. The van der Waals surface area contributed by atoms with Crippen molar-refractivity contribution in [2.45, 2.75) is 19.6 Å². The second-order valence-corrected chi connectivity index (χ2v) is 3.64. The van der Waals surface area contributed by atoms with E-state index >= 15 is 0 Å². The lowest BCUT2D eigenvalue weighted by molar-refractivity contribution is -0.190. The van der Waals surface area contributed by atoms with Gasteiger partial charge in [0.05, 0.1) is 13.7 Å². The van der Waals surface area contributed by atoms with Gasteiger partial charge in [0.25, 0.3) is 0 Å². The Morgan fingerprint density at radius 3 is 2.53 bits per heavy atom. The highest BCUT2D eigenvalue weighted by molar-refractivity contribution is 5.42. The van der Waals surface area contributed by atoms with Crippen molar-refractivity contribution >= 4 is 0 Å². The van der Waals surface area contributed by atoms with Gasteiger partial charge in [-0.2, -0.15) is 18.7 Å². The monoisotopic (exact) mass is 279 g/mol. The van der Waals surface area contributed by atoms with Crippen molar-refractivity contribution in [1.82, 2.24) is 5.48 Å². The molecule has 0 radical (unpaired) electrons. The first-order chi connectivity index (χ1) is 8.96. The van der Waals surface area contributed by atoms with Crippen LogP contribution in [0.5, 0.6) is 11.5 Å². The smallest absolute Gasteiger partial charge is 0.413 e. The molecule has 0 aliphatic carbocycles. The first-order valence-corrected chi connectivity index (χ1v) is 5.67. The Balaban J connectivity index is 2.52. The van der Waals surface area contributed by atoms with E-state index in [9.17, 15) is 13.2 Å². The van der Waals surface area contributed by atoms with Gasteiger partial charge in [-0.1, -0.05) is 6.07 Å². The number of hydrogen-bond donors (Lipinski definition) is 1. The summed E-state index contributed by atoms with van der Waals surface area (Å²) in [5.74, 6) is 1.11. The number of halogens is 3. The molecule has 0 amide bonds. The maximum Gasteiger partial charge on any atom is 0.413 e. The minimum atomic E-state index is -4.34. The molecule has 1 rings (SSSR count). The predicted octanol–water partition coefficient (Wildman–Crippen LogP) is 2.68. The van der Waals surface area contributed by atoms with Gasteiger partial charge in [-0.15, -0.1) is 0 Å². The zero-order valence-electron chi connectivity index (χ0n) is 10.7. The van der Waals surface area contributed by atoms with Crippen LogP contribution in [0.15, 0.2) is 18.2 Å². The summed E-state index contributed by atoms with van der Waals surface area (Å²) in [7, 11) is 1.52. The molecule has 0 saturated carbocycles. The van der Waals surface area contributed by atoms with E-state index in [4.69, 9.17) is 9.47 Å². The molecule has 1 aromatic carbocycles. The molecule has 0 bridgehead atoms. The summed E-state index contributed by atoms with van der Waals surface area (Å²) in [4.78, 5) is 4.31. The van der Waals surface area contributed by atoms with E-state index in [1.54, 1.807) is 18.2 Å². The summed E-state index contributed by atoms with van der Waals surface area (Å²) >= 11 is 0. The molecule has 0 heterocycles. The molecule has 1 N–H and O–H groups in total. The van der Waals surface area contributed by atoms with Crippen molar-refractivity contribution in [2.24, 2.45) is 0 Å². The van der Waals surface area contributed by atoms with Crippen molar-refractivity contribution in [3.8, 4) is 11.5 Å². The minimum Gasteiger partial charge on any atom is -0.493 e. The summed E-state index contributed by atoms with van der Waals surface area (Å²) < 4.78 is 46.0. The SMILES string of the molecule is CCOc1cc(CNOCC(F)(F)F)ccc1OC. The Labute approximate surface area is 109 Å². The molecule has 0 aromatic heterocycles. The average Bonchev–Trinajstić information content (AvgIpc) is 2.34. The number of alkyl halides is 3. The summed E-state index contributed by atoms with van der Waals surface area (Å²) in [6.07, 6.45) is -4.34. The van der Waals surface area contributed by atoms with Gasteiger partial charge >= 0.3 is 6.18 Å². The molecule has 108 valence electrons. The molecule has 19 heavy (non-hydrogen) atoms. The van der Waals surface area contributed by atoms with Crippen molar-refractivity contribution in [3.63, 3.8) is 0 Å². The Morgan fingerprint density at radius 2 is 1.95 bits per heavy atom. The van der Waals surface area contributed by atoms with Crippen molar-refractivity contribution in [2.75, 3.05) is 20.3 Å². The fraction of sp³-hybridized carbons (Fsp3) is 0.500. The number of methoxy groups -OCH3 is 1. The zero-order valence-corrected chi connectivity index (χ0v) is 10.7.